The van der Waals surface area contributed by atoms with Gasteiger partial charge in [-0.15, -0.1) is 0 Å². The first-order valence-corrected chi connectivity index (χ1v) is 6.91. The molecule has 0 heterocycles. The normalized spacial score (nSPS) is 15.7. The van der Waals surface area contributed by atoms with Crippen LogP contribution in [0, 0.1) is 12.7 Å². The van der Waals surface area contributed by atoms with Gasteiger partial charge < -0.3 is 10.6 Å². The second-order valence-electron chi connectivity index (χ2n) is 5.16. The highest BCUT2D eigenvalue weighted by molar-refractivity contribution is 5.95. The van der Waals surface area contributed by atoms with Crippen molar-refractivity contribution in [3.05, 3.63) is 35.1 Å². The van der Waals surface area contributed by atoms with Gasteiger partial charge in [0.2, 0.25) is 0 Å². The van der Waals surface area contributed by atoms with Crippen LogP contribution in [0.4, 0.5) is 4.39 Å². The molecular weight excluding hydrogens is 243 g/mol. The number of nitrogens with two attached hydrogens (primary N) is 1. The number of aryl methyl sites for hydroxylation is 1. The van der Waals surface area contributed by atoms with Crippen LogP contribution in [0.2, 0.25) is 0 Å². The monoisotopic (exact) mass is 264 g/mol. The molecule has 19 heavy (non-hydrogen) atoms. The van der Waals surface area contributed by atoms with Gasteiger partial charge in [-0.05, 0) is 31.4 Å². The first-order valence-electron chi connectivity index (χ1n) is 6.91. The minimum atomic E-state index is -0.410. The number of halogens is 1. The summed E-state index contributed by atoms with van der Waals surface area (Å²) in [6.45, 7) is 2.58. The van der Waals surface area contributed by atoms with E-state index in [0.29, 0.717) is 18.7 Å². The summed E-state index contributed by atoms with van der Waals surface area (Å²) in [6.07, 6.45) is 4.27. The predicted molar refractivity (Wildman–Crippen MR) is 73.5 cm³/mol. The van der Waals surface area contributed by atoms with E-state index in [9.17, 15) is 9.18 Å². The molecule has 0 aromatic heterocycles. The van der Waals surface area contributed by atoms with Crippen molar-refractivity contribution >= 4 is 5.91 Å². The Bertz CT molecular complexity index is 455. The molecule has 0 aliphatic heterocycles. The Labute approximate surface area is 113 Å². The summed E-state index contributed by atoms with van der Waals surface area (Å²) in [5, 5.41) is 0. The zero-order valence-corrected chi connectivity index (χ0v) is 11.4. The fourth-order valence-electron chi connectivity index (χ4n) is 2.77. The van der Waals surface area contributed by atoms with Crippen molar-refractivity contribution in [1.82, 2.24) is 4.90 Å². The van der Waals surface area contributed by atoms with Crippen LogP contribution < -0.4 is 5.73 Å². The van der Waals surface area contributed by atoms with Crippen molar-refractivity contribution in [2.45, 2.75) is 38.6 Å². The summed E-state index contributed by atoms with van der Waals surface area (Å²) in [5.41, 5.74) is 6.26. The molecule has 4 heteroatoms. The molecule has 0 unspecified atom stereocenters. The van der Waals surface area contributed by atoms with Gasteiger partial charge in [-0.2, -0.15) is 0 Å². The van der Waals surface area contributed by atoms with Crippen molar-refractivity contribution in [2.24, 2.45) is 5.73 Å². The Kier molecular flexibility index (Phi) is 4.53. The molecule has 1 aromatic rings. The molecule has 1 saturated carbocycles. The molecule has 1 aliphatic carbocycles. The highest BCUT2D eigenvalue weighted by Crippen LogP contribution is 2.25. The Balaban J connectivity index is 2.25. The second kappa shape index (κ2) is 6.15. The Morgan fingerprint density at radius 2 is 2.11 bits per heavy atom. The lowest BCUT2D eigenvalue weighted by Crippen LogP contribution is -2.42. The molecule has 1 amide bonds. The third-order valence-electron chi connectivity index (χ3n) is 3.82. The summed E-state index contributed by atoms with van der Waals surface area (Å²) in [6, 6.07) is 5.18. The van der Waals surface area contributed by atoms with Gasteiger partial charge in [0, 0.05) is 19.1 Å². The van der Waals surface area contributed by atoms with Gasteiger partial charge >= 0.3 is 0 Å². The average Bonchev–Trinajstić information content (AvgIpc) is 2.92. The van der Waals surface area contributed by atoms with Crippen molar-refractivity contribution in [3.63, 3.8) is 0 Å². The summed E-state index contributed by atoms with van der Waals surface area (Å²) in [5.74, 6) is -0.633. The number of rotatable bonds is 4. The van der Waals surface area contributed by atoms with Gasteiger partial charge in [0.15, 0.2) is 0 Å². The van der Waals surface area contributed by atoms with E-state index in [4.69, 9.17) is 5.73 Å². The van der Waals surface area contributed by atoms with Crippen LogP contribution in [0.25, 0.3) is 0 Å². The molecule has 0 spiro atoms. The Morgan fingerprint density at radius 3 is 2.74 bits per heavy atom. The van der Waals surface area contributed by atoms with Gasteiger partial charge in [0.05, 0.1) is 5.56 Å². The number of hydrogen-bond acceptors (Lipinski definition) is 2. The van der Waals surface area contributed by atoms with E-state index in [-0.39, 0.29) is 17.5 Å². The summed E-state index contributed by atoms with van der Waals surface area (Å²) >= 11 is 0. The van der Waals surface area contributed by atoms with Gasteiger partial charge in [-0.1, -0.05) is 25.0 Å². The van der Waals surface area contributed by atoms with E-state index in [1.54, 1.807) is 30.0 Å². The van der Waals surface area contributed by atoms with E-state index in [1.807, 2.05) is 0 Å². The third-order valence-corrected chi connectivity index (χ3v) is 3.82. The number of benzene rings is 1. The minimum Gasteiger partial charge on any atom is -0.334 e. The van der Waals surface area contributed by atoms with Gasteiger partial charge in [-0.3, -0.25) is 4.79 Å². The van der Waals surface area contributed by atoms with Crippen LogP contribution in [0.15, 0.2) is 18.2 Å². The summed E-state index contributed by atoms with van der Waals surface area (Å²) in [7, 11) is 0. The molecule has 2 N–H and O–H groups in total. The largest absolute Gasteiger partial charge is 0.334 e. The van der Waals surface area contributed by atoms with Crippen LogP contribution in [0.5, 0.6) is 0 Å². The number of hydrogen-bond donors (Lipinski definition) is 1. The first-order chi connectivity index (χ1) is 9.15. The van der Waals surface area contributed by atoms with Crippen molar-refractivity contribution in [3.8, 4) is 0 Å². The molecule has 104 valence electrons. The van der Waals surface area contributed by atoms with Crippen molar-refractivity contribution in [2.75, 3.05) is 13.1 Å². The Hall–Kier alpha value is -1.42. The fourth-order valence-corrected chi connectivity index (χ4v) is 2.77. The lowest BCUT2D eigenvalue weighted by molar-refractivity contribution is 0.0683. The van der Waals surface area contributed by atoms with Gasteiger partial charge in [-0.25, -0.2) is 4.39 Å². The number of carbonyl (C=O) groups is 1. The van der Waals surface area contributed by atoms with Crippen LogP contribution >= 0.6 is 0 Å². The molecule has 3 nitrogen and oxygen atoms in total. The summed E-state index contributed by atoms with van der Waals surface area (Å²) < 4.78 is 14.1. The topological polar surface area (TPSA) is 46.3 Å². The maximum atomic E-state index is 14.1. The van der Waals surface area contributed by atoms with Crippen LogP contribution in [-0.2, 0) is 0 Å². The maximum Gasteiger partial charge on any atom is 0.257 e. The molecule has 0 atom stereocenters. The number of carbonyl (C=O) groups excluding carboxylic acids is 1. The molecule has 1 fully saturated rings. The van der Waals surface area contributed by atoms with Crippen molar-refractivity contribution in [1.29, 1.82) is 0 Å². The van der Waals surface area contributed by atoms with Crippen LogP contribution in [-0.4, -0.2) is 29.9 Å². The molecule has 1 aromatic carbocycles. The smallest absolute Gasteiger partial charge is 0.257 e. The summed E-state index contributed by atoms with van der Waals surface area (Å²) in [4.78, 5) is 14.3. The second-order valence-corrected chi connectivity index (χ2v) is 5.16. The van der Waals surface area contributed by atoms with Crippen molar-refractivity contribution < 1.29 is 9.18 Å². The SMILES string of the molecule is Cc1cccc(C(=O)N(CCN)C2CCCC2)c1F. The minimum absolute atomic E-state index is 0.167. The van der Waals surface area contributed by atoms with Gasteiger partial charge in [0.1, 0.15) is 5.82 Å². The molecule has 0 bridgehead atoms. The standard InChI is InChI=1S/C15H21FN2O/c1-11-5-4-8-13(14(11)16)15(19)18(10-9-17)12-6-2-3-7-12/h4-5,8,12H,2-3,6-7,9-10,17H2,1H3. The maximum absolute atomic E-state index is 14.1. The van der Waals surface area contributed by atoms with Gasteiger partial charge in [0.25, 0.3) is 5.91 Å². The van der Waals surface area contributed by atoms with Crippen LogP contribution in [0.3, 0.4) is 0 Å². The zero-order chi connectivity index (χ0) is 13.8. The van der Waals surface area contributed by atoms with E-state index < -0.39 is 5.82 Å². The number of nitrogens with zero attached hydrogens (tertiary/aromatic N) is 1. The quantitative estimate of drug-likeness (QED) is 0.908. The Morgan fingerprint density at radius 1 is 1.42 bits per heavy atom. The molecule has 0 radical (unpaired) electrons. The fraction of sp³-hybridized carbons (Fsp3) is 0.533. The van der Waals surface area contributed by atoms with Crippen LogP contribution in [0.1, 0.15) is 41.6 Å². The average molecular weight is 264 g/mol. The van der Waals surface area contributed by atoms with E-state index in [0.717, 1.165) is 25.7 Å². The molecule has 0 saturated heterocycles. The highest BCUT2D eigenvalue weighted by Gasteiger charge is 2.28. The molecule has 2 rings (SSSR count). The lowest BCUT2D eigenvalue weighted by atomic mass is 10.1. The van der Waals surface area contributed by atoms with E-state index >= 15 is 0 Å². The zero-order valence-electron chi connectivity index (χ0n) is 11.4. The molecular formula is C15H21FN2O. The van der Waals surface area contributed by atoms with E-state index in [1.165, 1.54) is 0 Å². The molecule has 1 aliphatic rings. The predicted octanol–water partition coefficient (Wildman–Crippen LogP) is 2.48. The first kappa shape index (κ1) is 14.0. The van der Waals surface area contributed by atoms with E-state index in [2.05, 4.69) is 0 Å². The third kappa shape index (κ3) is 2.95. The lowest BCUT2D eigenvalue weighted by Gasteiger charge is -2.29. The highest BCUT2D eigenvalue weighted by atomic mass is 19.1. The number of amides is 1.